The van der Waals surface area contributed by atoms with Gasteiger partial charge in [-0.25, -0.2) is 9.97 Å². The van der Waals surface area contributed by atoms with Crippen LogP contribution >= 0.6 is 0 Å². The SMILES string of the molecule is CCc1cnc(NCC(C)(C)c2ccc(O)cc2)nc1. The summed E-state index contributed by atoms with van der Waals surface area (Å²) >= 11 is 0. The van der Waals surface area contributed by atoms with E-state index in [0.717, 1.165) is 24.1 Å². The average molecular weight is 271 g/mol. The number of aromatic hydroxyl groups is 1. The summed E-state index contributed by atoms with van der Waals surface area (Å²) in [6.07, 6.45) is 4.64. The number of hydrogen-bond donors (Lipinski definition) is 2. The maximum Gasteiger partial charge on any atom is 0.222 e. The molecule has 2 N–H and O–H groups in total. The van der Waals surface area contributed by atoms with Crippen LogP contribution < -0.4 is 5.32 Å². The van der Waals surface area contributed by atoms with Gasteiger partial charge in [-0.15, -0.1) is 0 Å². The minimum absolute atomic E-state index is 0.0690. The Labute approximate surface area is 119 Å². The lowest BCUT2D eigenvalue weighted by molar-refractivity contribution is 0.473. The number of aromatic nitrogens is 2. The van der Waals surface area contributed by atoms with Crippen molar-refractivity contribution in [2.45, 2.75) is 32.6 Å². The number of phenolic OH excluding ortho intramolecular Hbond substituents is 1. The molecule has 2 aromatic rings. The van der Waals surface area contributed by atoms with Crippen LogP contribution in [0, 0.1) is 0 Å². The second-order valence-corrected chi connectivity index (χ2v) is 5.55. The van der Waals surface area contributed by atoms with Crippen molar-refractivity contribution in [1.82, 2.24) is 9.97 Å². The Morgan fingerprint density at radius 2 is 1.70 bits per heavy atom. The van der Waals surface area contributed by atoms with Gasteiger partial charge in [-0.2, -0.15) is 0 Å². The highest BCUT2D eigenvalue weighted by molar-refractivity contribution is 5.33. The summed E-state index contributed by atoms with van der Waals surface area (Å²) in [4.78, 5) is 8.60. The van der Waals surface area contributed by atoms with Crippen molar-refractivity contribution in [2.24, 2.45) is 0 Å². The van der Waals surface area contributed by atoms with Crippen LogP contribution in [0.1, 0.15) is 31.9 Å². The van der Waals surface area contributed by atoms with Crippen molar-refractivity contribution in [3.05, 3.63) is 47.8 Å². The van der Waals surface area contributed by atoms with Gasteiger partial charge in [-0.1, -0.05) is 32.9 Å². The van der Waals surface area contributed by atoms with E-state index >= 15 is 0 Å². The van der Waals surface area contributed by atoms with Crippen molar-refractivity contribution in [2.75, 3.05) is 11.9 Å². The molecule has 4 nitrogen and oxygen atoms in total. The highest BCUT2D eigenvalue weighted by atomic mass is 16.3. The predicted molar refractivity (Wildman–Crippen MR) is 81.0 cm³/mol. The van der Waals surface area contributed by atoms with E-state index in [0.29, 0.717) is 5.95 Å². The molecule has 2 rings (SSSR count). The van der Waals surface area contributed by atoms with Crippen molar-refractivity contribution in [3.63, 3.8) is 0 Å². The van der Waals surface area contributed by atoms with Crippen LogP contribution in [0.2, 0.25) is 0 Å². The first-order valence-electron chi connectivity index (χ1n) is 6.85. The smallest absolute Gasteiger partial charge is 0.222 e. The third-order valence-corrected chi connectivity index (χ3v) is 3.45. The van der Waals surface area contributed by atoms with E-state index in [9.17, 15) is 5.11 Å². The second kappa shape index (κ2) is 5.90. The molecule has 1 heterocycles. The standard InChI is InChI=1S/C16H21N3O/c1-4-12-9-17-15(18-10-12)19-11-16(2,3)13-5-7-14(20)8-6-13/h5-10,20H,4,11H2,1-3H3,(H,17,18,19). The Kier molecular flexibility index (Phi) is 4.23. The van der Waals surface area contributed by atoms with Crippen molar-refractivity contribution >= 4 is 5.95 Å². The predicted octanol–water partition coefficient (Wildman–Crippen LogP) is 3.13. The first-order valence-corrected chi connectivity index (χ1v) is 6.85. The zero-order chi connectivity index (χ0) is 14.6. The molecule has 0 fully saturated rings. The lowest BCUT2D eigenvalue weighted by Crippen LogP contribution is -2.28. The molecule has 0 aliphatic carbocycles. The summed E-state index contributed by atoms with van der Waals surface area (Å²) in [5.74, 6) is 0.935. The van der Waals surface area contributed by atoms with Gasteiger partial charge < -0.3 is 10.4 Å². The molecule has 0 aliphatic rings. The second-order valence-electron chi connectivity index (χ2n) is 5.55. The molecule has 0 saturated carbocycles. The number of anilines is 1. The fourth-order valence-corrected chi connectivity index (χ4v) is 1.94. The van der Waals surface area contributed by atoms with E-state index in [1.54, 1.807) is 12.1 Å². The number of nitrogens with one attached hydrogen (secondary N) is 1. The fraction of sp³-hybridized carbons (Fsp3) is 0.375. The highest BCUT2D eigenvalue weighted by Crippen LogP contribution is 2.25. The first-order chi connectivity index (χ1) is 9.51. The fourth-order valence-electron chi connectivity index (χ4n) is 1.94. The molecule has 0 aliphatic heterocycles. The van der Waals surface area contributed by atoms with Gasteiger partial charge in [0.2, 0.25) is 5.95 Å². The van der Waals surface area contributed by atoms with Crippen LogP contribution in [0.5, 0.6) is 5.75 Å². The van der Waals surface area contributed by atoms with Crippen LogP contribution in [-0.4, -0.2) is 21.6 Å². The Bertz CT molecular complexity index is 547. The number of rotatable bonds is 5. The molecule has 0 amide bonds. The van der Waals surface area contributed by atoms with E-state index in [1.807, 2.05) is 24.5 Å². The minimum atomic E-state index is -0.0690. The summed E-state index contributed by atoms with van der Waals surface area (Å²) in [7, 11) is 0. The number of phenols is 1. The molecule has 0 atom stereocenters. The maximum absolute atomic E-state index is 9.34. The van der Waals surface area contributed by atoms with E-state index in [2.05, 4.69) is 36.1 Å². The van der Waals surface area contributed by atoms with Gasteiger partial charge in [0.15, 0.2) is 0 Å². The van der Waals surface area contributed by atoms with Crippen LogP contribution in [0.25, 0.3) is 0 Å². The quantitative estimate of drug-likeness (QED) is 0.877. The minimum Gasteiger partial charge on any atom is -0.508 e. The van der Waals surface area contributed by atoms with Gasteiger partial charge in [0.05, 0.1) is 0 Å². The Morgan fingerprint density at radius 3 is 2.25 bits per heavy atom. The summed E-state index contributed by atoms with van der Waals surface area (Å²) < 4.78 is 0. The molecular formula is C16H21N3O. The topological polar surface area (TPSA) is 58.0 Å². The highest BCUT2D eigenvalue weighted by Gasteiger charge is 2.20. The van der Waals surface area contributed by atoms with Crippen LogP contribution in [0.3, 0.4) is 0 Å². The molecule has 0 radical (unpaired) electrons. The third-order valence-electron chi connectivity index (χ3n) is 3.45. The van der Waals surface area contributed by atoms with E-state index in [1.165, 1.54) is 0 Å². The number of aryl methyl sites for hydroxylation is 1. The molecule has 1 aromatic carbocycles. The lowest BCUT2D eigenvalue weighted by Gasteiger charge is -2.25. The zero-order valence-corrected chi connectivity index (χ0v) is 12.2. The molecule has 1 aromatic heterocycles. The van der Waals surface area contributed by atoms with E-state index in [-0.39, 0.29) is 11.2 Å². The molecule has 4 heteroatoms. The van der Waals surface area contributed by atoms with Gasteiger partial charge in [-0.05, 0) is 29.7 Å². The molecule has 106 valence electrons. The van der Waals surface area contributed by atoms with Gasteiger partial charge in [0.1, 0.15) is 5.75 Å². The average Bonchev–Trinajstić information content (AvgIpc) is 2.46. The monoisotopic (exact) mass is 271 g/mol. The molecule has 0 spiro atoms. The molecule has 0 saturated heterocycles. The number of hydrogen-bond acceptors (Lipinski definition) is 4. The lowest BCUT2D eigenvalue weighted by atomic mass is 9.84. The summed E-state index contributed by atoms with van der Waals surface area (Å²) in [5.41, 5.74) is 2.22. The van der Waals surface area contributed by atoms with Crippen LogP contribution in [0.4, 0.5) is 5.95 Å². The van der Waals surface area contributed by atoms with Gasteiger partial charge >= 0.3 is 0 Å². The van der Waals surface area contributed by atoms with Crippen LogP contribution in [-0.2, 0) is 11.8 Å². The van der Waals surface area contributed by atoms with Crippen LogP contribution in [0.15, 0.2) is 36.7 Å². The summed E-state index contributed by atoms with van der Waals surface area (Å²) in [5, 5.41) is 12.6. The van der Waals surface area contributed by atoms with Gasteiger partial charge in [-0.3, -0.25) is 0 Å². The summed E-state index contributed by atoms with van der Waals surface area (Å²) in [6.45, 7) is 7.10. The van der Waals surface area contributed by atoms with E-state index < -0.39 is 0 Å². The zero-order valence-electron chi connectivity index (χ0n) is 12.2. The summed E-state index contributed by atoms with van der Waals surface area (Å²) in [6, 6.07) is 7.31. The molecule has 20 heavy (non-hydrogen) atoms. The van der Waals surface area contributed by atoms with Gasteiger partial charge in [0.25, 0.3) is 0 Å². The Morgan fingerprint density at radius 1 is 1.10 bits per heavy atom. The third kappa shape index (κ3) is 3.47. The Balaban J connectivity index is 2.02. The van der Waals surface area contributed by atoms with E-state index in [4.69, 9.17) is 0 Å². The van der Waals surface area contributed by atoms with Crippen molar-refractivity contribution < 1.29 is 5.11 Å². The largest absolute Gasteiger partial charge is 0.508 e. The normalized spacial score (nSPS) is 11.3. The molecular weight excluding hydrogens is 250 g/mol. The molecule has 0 bridgehead atoms. The number of benzene rings is 1. The van der Waals surface area contributed by atoms with Crippen molar-refractivity contribution in [3.8, 4) is 5.75 Å². The maximum atomic E-state index is 9.34. The van der Waals surface area contributed by atoms with Crippen molar-refractivity contribution in [1.29, 1.82) is 0 Å². The first kappa shape index (κ1) is 14.3. The number of nitrogens with zero attached hydrogens (tertiary/aromatic N) is 2. The molecule has 0 unspecified atom stereocenters. The Hall–Kier alpha value is -2.10. The van der Waals surface area contributed by atoms with Gasteiger partial charge in [0, 0.05) is 24.4 Å².